The lowest BCUT2D eigenvalue weighted by Gasteiger charge is -2.32. The third-order valence-corrected chi connectivity index (χ3v) is 10.8. The zero-order valence-electron chi connectivity index (χ0n) is 31.3. The van der Waals surface area contributed by atoms with E-state index in [2.05, 4.69) is 51.4 Å². The number of ether oxygens (including phenoxy) is 4. The lowest BCUT2D eigenvalue weighted by atomic mass is 9.78. The zero-order chi connectivity index (χ0) is 36.8. The van der Waals surface area contributed by atoms with Crippen LogP contribution in [0.3, 0.4) is 0 Å². The van der Waals surface area contributed by atoms with Crippen LogP contribution in [0.5, 0.6) is 23.0 Å². The van der Waals surface area contributed by atoms with Gasteiger partial charge in [-0.1, -0.05) is 33.3 Å². The topological polar surface area (TPSA) is 93.1 Å². The summed E-state index contributed by atoms with van der Waals surface area (Å²) in [4.78, 5) is 36.8. The van der Waals surface area contributed by atoms with Gasteiger partial charge in [-0.05, 0) is 62.5 Å². The fraction of sp³-hybridized carbons (Fsp3) is 0.525. The molecule has 0 saturated carbocycles. The maximum Gasteiger partial charge on any atom is 0.260 e. The molecule has 0 saturated heterocycles. The van der Waals surface area contributed by atoms with Crippen LogP contribution in [0, 0.1) is 10.8 Å². The Balaban J connectivity index is 1.06. The number of carbonyl (C=O) groups is 2. The van der Waals surface area contributed by atoms with E-state index in [1.807, 2.05) is 30.3 Å². The van der Waals surface area contributed by atoms with Crippen LogP contribution < -0.4 is 23.8 Å². The van der Waals surface area contributed by atoms with Crippen LogP contribution in [0.2, 0.25) is 0 Å². The van der Waals surface area contributed by atoms with Crippen LogP contribution in [0.15, 0.2) is 53.1 Å². The van der Waals surface area contributed by atoms with Gasteiger partial charge in [0.05, 0.1) is 62.0 Å². The van der Waals surface area contributed by atoms with Gasteiger partial charge in [-0.2, -0.15) is 0 Å². The summed E-state index contributed by atoms with van der Waals surface area (Å²) in [5.41, 5.74) is 3.30. The second-order valence-corrected chi connectivity index (χ2v) is 15.9. The second kappa shape index (κ2) is 13.9. The summed E-state index contributed by atoms with van der Waals surface area (Å²) < 4.78 is 37.9. The average Bonchev–Trinajstić information content (AvgIpc) is 3.64. The molecule has 0 aromatic heterocycles. The number of aliphatic imine (C=N–C) groups is 1. The minimum Gasteiger partial charge on any atom is -0.493 e. The predicted octanol–water partition coefficient (Wildman–Crippen LogP) is 8.08. The predicted molar refractivity (Wildman–Crippen MR) is 197 cm³/mol. The van der Waals surface area contributed by atoms with Crippen LogP contribution in [0.4, 0.5) is 15.8 Å². The van der Waals surface area contributed by atoms with E-state index in [9.17, 15) is 14.0 Å². The van der Waals surface area contributed by atoms with Crippen LogP contribution in [-0.4, -0.2) is 80.4 Å². The fourth-order valence-electron chi connectivity index (χ4n) is 7.25. The van der Waals surface area contributed by atoms with E-state index in [-0.39, 0.29) is 47.0 Å². The molecular weight excluding hydrogens is 651 g/mol. The Kier molecular flexibility index (Phi) is 9.87. The number of hydrogen-bond donors (Lipinski definition) is 0. The van der Waals surface area contributed by atoms with E-state index in [4.69, 9.17) is 18.9 Å². The molecule has 0 spiro atoms. The zero-order valence-corrected chi connectivity index (χ0v) is 31.3. The van der Waals surface area contributed by atoms with Crippen molar-refractivity contribution in [3.05, 3.63) is 59.2 Å². The Morgan fingerprint density at radius 2 is 1.47 bits per heavy atom. The summed E-state index contributed by atoms with van der Waals surface area (Å²) in [6, 6.07) is 6.92. The minimum absolute atomic E-state index is 0.0134. The first-order valence-corrected chi connectivity index (χ1v) is 17.8. The number of likely N-dealkylation sites (N-methyl/N-ethyl adjacent to an activating group) is 1. The number of hydrogen-bond acceptors (Lipinski definition) is 8. The summed E-state index contributed by atoms with van der Waals surface area (Å²) in [7, 11) is 5.18. The molecule has 0 bridgehead atoms. The molecule has 4 heterocycles. The Hall–Kier alpha value is -4.54. The maximum absolute atomic E-state index is 13.9. The van der Waals surface area contributed by atoms with Crippen molar-refractivity contribution in [2.75, 3.05) is 39.4 Å². The highest BCUT2D eigenvalue weighted by Crippen LogP contribution is 2.43. The SMILES string of the molecule is COc1cc2c(cc1OCCC(C)(C)CCC(C)(C)COc1cc3c(cc1OC)C(=O)N1C=C(F)CC1C=N3)N(C)C(C)C1CC(C)=CN1C2=O. The molecule has 2 aromatic rings. The number of amides is 2. The lowest BCUT2D eigenvalue weighted by Crippen LogP contribution is -2.44. The smallest absolute Gasteiger partial charge is 0.260 e. The molecule has 6 rings (SSSR count). The van der Waals surface area contributed by atoms with Crippen molar-refractivity contribution in [3.63, 3.8) is 0 Å². The van der Waals surface area contributed by atoms with Crippen molar-refractivity contribution in [1.29, 1.82) is 0 Å². The lowest BCUT2D eigenvalue weighted by molar-refractivity contribution is 0.0779. The summed E-state index contributed by atoms with van der Waals surface area (Å²) in [5, 5.41) is 0. The first-order chi connectivity index (χ1) is 24.1. The van der Waals surface area contributed by atoms with Gasteiger partial charge >= 0.3 is 0 Å². The molecule has 4 aliphatic rings. The summed E-state index contributed by atoms with van der Waals surface area (Å²) >= 11 is 0. The van der Waals surface area contributed by atoms with Gasteiger partial charge in [0.15, 0.2) is 23.0 Å². The second-order valence-electron chi connectivity index (χ2n) is 15.9. The molecule has 3 unspecified atom stereocenters. The number of nitrogens with zero attached hydrogens (tertiary/aromatic N) is 4. The Morgan fingerprint density at radius 1 is 0.824 bits per heavy atom. The molecule has 0 aliphatic carbocycles. The van der Waals surface area contributed by atoms with Gasteiger partial charge in [0.2, 0.25) is 0 Å². The van der Waals surface area contributed by atoms with Crippen LogP contribution in [0.25, 0.3) is 0 Å². The molecule has 51 heavy (non-hydrogen) atoms. The van der Waals surface area contributed by atoms with E-state index >= 15 is 0 Å². The summed E-state index contributed by atoms with van der Waals surface area (Å²) in [6.45, 7) is 14.0. The standard InChI is InChI=1S/C40H51FN4O6/c1-24-14-31-25(2)43(7)32-19-36(34(49-9)17-29(32)38(47)45(31)21-24)50-13-12-39(3,4)10-11-40(5,6)23-51-35-18-30-28(16-33(35)48-8)37(46)44-22-26(41)15-27(44)20-42-30/h16-22,25,27,31H,10-15,23H2,1-9H3. The van der Waals surface area contributed by atoms with Crippen molar-refractivity contribution in [1.82, 2.24) is 9.80 Å². The van der Waals surface area contributed by atoms with Crippen molar-refractivity contribution in [2.24, 2.45) is 15.8 Å². The Bertz CT molecular complexity index is 1800. The van der Waals surface area contributed by atoms with Crippen LogP contribution >= 0.6 is 0 Å². The molecule has 2 amide bonds. The van der Waals surface area contributed by atoms with E-state index in [1.54, 1.807) is 25.5 Å². The van der Waals surface area contributed by atoms with E-state index in [0.29, 0.717) is 53.0 Å². The molecule has 0 fully saturated rings. The number of carbonyl (C=O) groups excluding carboxylic acids is 2. The normalized spacial score (nSPS) is 21.3. The van der Waals surface area contributed by atoms with Gasteiger partial charge in [-0.15, -0.1) is 0 Å². The first-order valence-electron chi connectivity index (χ1n) is 17.8. The minimum atomic E-state index is -0.436. The van der Waals surface area contributed by atoms with E-state index in [0.717, 1.165) is 31.4 Å². The Morgan fingerprint density at radius 3 is 2.18 bits per heavy atom. The first kappa shape index (κ1) is 36.3. The van der Waals surface area contributed by atoms with Gasteiger partial charge in [0, 0.05) is 50.3 Å². The quantitative estimate of drug-likeness (QED) is 0.221. The number of benzene rings is 2. The van der Waals surface area contributed by atoms with Crippen LogP contribution in [0.1, 0.15) is 94.4 Å². The highest BCUT2D eigenvalue weighted by molar-refractivity contribution is 6.04. The van der Waals surface area contributed by atoms with Gasteiger partial charge in [-0.3, -0.25) is 14.6 Å². The molecule has 0 N–H and O–H groups in total. The summed E-state index contributed by atoms with van der Waals surface area (Å²) in [6.07, 6.45) is 8.49. The Labute approximate surface area is 300 Å². The fourth-order valence-corrected chi connectivity index (χ4v) is 7.25. The average molecular weight is 703 g/mol. The number of rotatable bonds is 12. The van der Waals surface area contributed by atoms with Gasteiger partial charge in [-0.25, -0.2) is 4.39 Å². The van der Waals surface area contributed by atoms with E-state index < -0.39 is 6.04 Å². The van der Waals surface area contributed by atoms with Crippen molar-refractivity contribution >= 4 is 29.4 Å². The highest BCUT2D eigenvalue weighted by atomic mass is 19.1. The molecule has 10 nitrogen and oxygen atoms in total. The highest BCUT2D eigenvalue weighted by Gasteiger charge is 2.40. The number of anilines is 1. The molecule has 3 atom stereocenters. The molecular formula is C40H51FN4O6. The monoisotopic (exact) mass is 702 g/mol. The molecule has 274 valence electrons. The molecule has 2 aromatic carbocycles. The van der Waals surface area contributed by atoms with Gasteiger partial charge in [0.1, 0.15) is 5.83 Å². The maximum atomic E-state index is 13.9. The molecule has 0 radical (unpaired) electrons. The van der Waals surface area contributed by atoms with Crippen molar-refractivity contribution < 1.29 is 32.9 Å². The largest absolute Gasteiger partial charge is 0.493 e. The summed E-state index contributed by atoms with van der Waals surface area (Å²) in [5.74, 6) is 1.45. The third kappa shape index (κ3) is 7.30. The van der Waals surface area contributed by atoms with Crippen LogP contribution in [-0.2, 0) is 0 Å². The number of halogens is 1. The van der Waals surface area contributed by atoms with Gasteiger partial charge in [0.25, 0.3) is 11.8 Å². The number of methoxy groups -OCH3 is 2. The molecule has 11 heteroatoms. The number of fused-ring (bicyclic) bond motifs is 4. The third-order valence-electron chi connectivity index (χ3n) is 10.8. The van der Waals surface area contributed by atoms with Crippen molar-refractivity contribution in [3.8, 4) is 23.0 Å². The van der Waals surface area contributed by atoms with Gasteiger partial charge < -0.3 is 33.6 Å². The van der Waals surface area contributed by atoms with E-state index in [1.165, 1.54) is 23.8 Å². The van der Waals surface area contributed by atoms with Crippen molar-refractivity contribution in [2.45, 2.75) is 91.8 Å². The molecule has 4 aliphatic heterocycles.